The zero-order valence-electron chi connectivity index (χ0n) is 36.0. The van der Waals surface area contributed by atoms with E-state index in [1.165, 1.54) is 36.9 Å². The number of hydrogen-bond acceptors (Lipinski definition) is 15. The highest BCUT2D eigenvalue weighted by Crippen LogP contribution is 2.42. The molecule has 0 unspecified atom stereocenters. The predicted molar refractivity (Wildman–Crippen MR) is 246 cm³/mol. The Kier molecular flexibility index (Phi) is 13.4. The number of hydrogen-bond donors (Lipinski definition) is 2. The maximum Gasteiger partial charge on any atom is 0.308 e. The summed E-state index contributed by atoms with van der Waals surface area (Å²) in [5.74, 6) is 0.556. The number of carbonyl (C=O) groups excluding carboxylic acids is 4. The van der Waals surface area contributed by atoms with Crippen LogP contribution in [0.1, 0.15) is 101 Å². The van der Waals surface area contributed by atoms with Crippen molar-refractivity contribution in [3.8, 4) is 10.0 Å². The van der Waals surface area contributed by atoms with Gasteiger partial charge in [-0.05, 0) is 63.1 Å². The molecule has 17 nitrogen and oxygen atoms in total. The smallest absolute Gasteiger partial charge is 0.308 e. The van der Waals surface area contributed by atoms with Gasteiger partial charge in [0.25, 0.3) is 11.8 Å². The van der Waals surface area contributed by atoms with Crippen LogP contribution in [0.5, 0.6) is 0 Å². The Labute approximate surface area is 390 Å². The minimum atomic E-state index is -0.694. The quantitative estimate of drug-likeness (QED) is 0.0879. The average molecular weight is 958 g/mol. The molecule has 65 heavy (non-hydrogen) atoms. The van der Waals surface area contributed by atoms with E-state index >= 15 is 0 Å². The molecule has 0 saturated carbocycles. The van der Waals surface area contributed by atoms with E-state index in [2.05, 4.69) is 31.0 Å². The molecular formula is C44H42Cl2N10O7S2. The molecule has 2 aromatic carbocycles. The summed E-state index contributed by atoms with van der Waals surface area (Å²) in [5, 5.41) is 25.8. The minimum absolute atomic E-state index is 0.0561. The molecule has 336 valence electrons. The van der Waals surface area contributed by atoms with Crippen LogP contribution in [0.2, 0.25) is 10.0 Å². The third-order valence-electron chi connectivity index (χ3n) is 10.9. The number of amides is 2. The molecule has 0 bridgehead atoms. The van der Waals surface area contributed by atoms with E-state index in [9.17, 15) is 19.2 Å². The molecule has 2 atom stereocenters. The van der Waals surface area contributed by atoms with Crippen molar-refractivity contribution in [2.75, 3.05) is 40.5 Å². The molecule has 0 aliphatic carbocycles. The Hall–Kier alpha value is -6.12. The number of nitrogens with one attached hydrogen (secondary N) is 2. The number of aromatic nitrogens is 6. The van der Waals surface area contributed by atoms with E-state index in [4.69, 9.17) is 47.4 Å². The summed E-state index contributed by atoms with van der Waals surface area (Å²) in [6, 6.07) is 13.0. The van der Waals surface area contributed by atoms with Crippen LogP contribution >= 0.6 is 45.9 Å². The van der Waals surface area contributed by atoms with Gasteiger partial charge in [-0.15, -0.1) is 43.1 Å². The fourth-order valence-electron chi connectivity index (χ4n) is 7.70. The molecule has 6 heterocycles. The molecule has 8 rings (SSSR count). The van der Waals surface area contributed by atoms with E-state index in [-0.39, 0.29) is 51.0 Å². The minimum Gasteiger partial charge on any atom is -0.469 e. The van der Waals surface area contributed by atoms with Gasteiger partial charge in [-0.2, -0.15) is 0 Å². The summed E-state index contributed by atoms with van der Waals surface area (Å²) in [6.07, 6.45) is -0.112. The van der Waals surface area contributed by atoms with Crippen LogP contribution in [-0.2, 0) is 23.8 Å². The predicted octanol–water partition coefficient (Wildman–Crippen LogP) is 6.60. The maximum atomic E-state index is 13.8. The number of fused-ring (bicyclic) bond motifs is 6. The fraction of sp³-hybridized carbons (Fsp3) is 0.318. The molecule has 2 amide bonds. The van der Waals surface area contributed by atoms with Crippen LogP contribution < -0.4 is 10.6 Å². The van der Waals surface area contributed by atoms with Gasteiger partial charge in [-0.25, -0.2) is 0 Å². The third-order valence-corrected chi connectivity index (χ3v) is 13.9. The third kappa shape index (κ3) is 8.98. The highest BCUT2D eigenvalue weighted by atomic mass is 35.5. The number of methoxy groups -OCH3 is 2. The number of thiophene rings is 2. The fourth-order valence-corrected chi connectivity index (χ4v) is 10.5. The lowest BCUT2D eigenvalue weighted by atomic mass is 9.99. The van der Waals surface area contributed by atoms with Crippen LogP contribution in [0.15, 0.2) is 58.5 Å². The number of carbonyl (C=O) groups is 4. The largest absolute Gasteiger partial charge is 0.469 e. The lowest BCUT2D eigenvalue weighted by Crippen LogP contribution is -2.30. The van der Waals surface area contributed by atoms with Crippen LogP contribution in [0, 0.1) is 27.7 Å². The first kappa shape index (κ1) is 45.4. The van der Waals surface area contributed by atoms with Crippen molar-refractivity contribution in [1.82, 2.24) is 40.2 Å². The van der Waals surface area contributed by atoms with E-state index in [1.807, 2.05) is 47.2 Å². The standard InChI is InChI=1S/C44H42Cl2N10O7S2/c1-21-33-35(25-7-11-27(45)12-8-25)49-29(19-31(57)61-5)39-53-51-23(3)55(39)43(33)64-37(21)41(59)47-15-17-63-18-16-48-42(60)38-22(2)34-36(26-9-13-28(46)14-10-26)50-30(20-32(58)62-6)40-54-52-24(4)56(40)44(34)65-38/h7-14,29-30H,15-20H2,1-6H3,(H,47,59)(H,48,60)/t29-,30-/m0/s1. The van der Waals surface area contributed by atoms with Crippen molar-refractivity contribution in [2.24, 2.45) is 9.98 Å². The molecule has 0 spiro atoms. The van der Waals surface area contributed by atoms with Gasteiger partial charge in [0.15, 0.2) is 11.6 Å². The number of aliphatic imine (C=N–C) groups is 2. The van der Waals surface area contributed by atoms with Crippen LogP contribution in [0.4, 0.5) is 0 Å². The Balaban J connectivity index is 0.942. The van der Waals surface area contributed by atoms with Crippen molar-refractivity contribution >= 4 is 81.1 Å². The van der Waals surface area contributed by atoms with Crippen molar-refractivity contribution in [3.05, 3.63) is 125 Å². The zero-order chi connectivity index (χ0) is 46.1. The molecule has 21 heteroatoms. The molecule has 4 aromatic heterocycles. The topological polar surface area (TPSA) is 206 Å². The number of esters is 2. The first-order chi connectivity index (χ1) is 31.3. The van der Waals surface area contributed by atoms with E-state index in [0.29, 0.717) is 75.6 Å². The summed E-state index contributed by atoms with van der Waals surface area (Å²) in [7, 11) is 2.65. The summed E-state index contributed by atoms with van der Waals surface area (Å²) < 4.78 is 19.5. The van der Waals surface area contributed by atoms with Crippen LogP contribution in [-0.4, -0.2) is 105 Å². The molecule has 0 fully saturated rings. The monoisotopic (exact) mass is 956 g/mol. The van der Waals surface area contributed by atoms with Gasteiger partial charge in [0.05, 0.1) is 61.5 Å². The van der Waals surface area contributed by atoms with Crippen molar-refractivity contribution < 1.29 is 33.4 Å². The number of halogens is 2. The van der Waals surface area contributed by atoms with Crippen molar-refractivity contribution in [1.29, 1.82) is 0 Å². The summed E-state index contributed by atoms with van der Waals surface area (Å²) in [5.41, 5.74) is 5.50. The molecule has 2 aliphatic heterocycles. The van der Waals surface area contributed by atoms with Gasteiger partial charge in [-0.1, -0.05) is 47.5 Å². The van der Waals surface area contributed by atoms with Crippen LogP contribution in [0.3, 0.4) is 0 Å². The molecule has 6 aromatic rings. The zero-order valence-corrected chi connectivity index (χ0v) is 39.2. The Morgan fingerprint density at radius 3 is 1.37 bits per heavy atom. The number of nitrogens with zero attached hydrogens (tertiary/aromatic N) is 8. The second-order valence-corrected chi connectivity index (χ2v) is 17.9. The lowest BCUT2D eigenvalue weighted by molar-refractivity contribution is -0.142. The van der Waals surface area contributed by atoms with Crippen LogP contribution in [0.25, 0.3) is 10.0 Å². The maximum absolute atomic E-state index is 13.8. The van der Waals surface area contributed by atoms with Gasteiger partial charge >= 0.3 is 11.9 Å². The van der Waals surface area contributed by atoms with E-state index < -0.39 is 24.0 Å². The lowest BCUT2D eigenvalue weighted by Gasteiger charge is -2.12. The highest BCUT2D eigenvalue weighted by Gasteiger charge is 2.36. The first-order valence-electron chi connectivity index (χ1n) is 20.4. The number of aryl methyl sites for hydroxylation is 2. The highest BCUT2D eigenvalue weighted by molar-refractivity contribution is 7.17. The SMILES string of the molecule is COC(=O)C[C@@H]1N=C(c2ccc(Cl)cc2)c2c(sc(C(=O)NCCOCCNC(=O)c3sc4c(c3C)C(c3ccc(Cl)cc3)=N[C@@H](CC(=O)OC)c3nnc(C)n3-4)c2C)-n2c(C)nnc21. The second-order valence-electron chi connectivity index (χ2n) is 15.0. The van der Waals surface area contributed by atoms with Gasteiger partial charge < -0.3 is 24.8 Å². The Morgan fingerprint density at radius 1 is 0.615 bits per heavy atom. The molecular weight excluding hydrogens is 916 g/mol. The molecule has 0 radical (unpaired) electrons. The second kappa shape index (κ2) is 19.2. The molecule has 2 N–H and O–H groups in total. The van der Waals surface area contributed by atoms with Crippen molar-refractivity contribution in [2.45, 2.75) is 52.6 Å². The molecule has 0 saturated heterocycles. The molecule has 2 aliphatic rings. The normalized spacial score (nSPS) is 15.0. The van der Waals surface area contributed by atoms with E-state index in [1.54, 1.807) is 38.1 Å². The summed E-state index contributed by atoms with van der Waals surface area (Å²) >= 11 is 15.0. The number of benzene rings is 2. The first-order valence-corrected chi connectivity index (χ1v) is 22.8. The average Bonchev–Trinajstić information content (AvgIpc) is 4.01. The van der Waals surface area contributed by atoms with Gasteiger partial charge in [0, 0.05) is 45.4 Å². The summed E-state index contributed by atoms with van der Waals surface area (Å²) in [4.78, 5) is 63.6. The summed E-state index contributed by atoms with van der Waals surface area (Å²) in [6.45, 7) is 8.10. The number of rotatable bonds is 14. The van der Waals surface area contributed by atoms with Gasteiger partial charge in [0.1, 0.15) is 33.7 Å². The Bertz CT molecular complexity index is 2710. The van der Waals surface area contributed by atoms with Gasteiger partial charge in [0.2, 0.25) is 0 Å². The van der Waals surface area contributed by atoms with Crippen molar-refractivity contribution in [3.63, 3.8) is 0 Å². The van der Waals surface area contributed by atoms with E-state index in [0.717, 1.165) is 22.3 Å². The number of ether oxygens (including phenoxy) is 3. The Morgan fingerprint density at radius 2 is 1.00 bits per heavy atom. The van der Waals surface area contributed by atoms with Gasteiger partial charge in [-0.3, -0.25) is 38.3 Å².